The summed E-state index contributed by atoms with van der Waals surface area (Å²) in [6.07, 6.45) is -1.46. The van der Waals surface area contributed by atoms with E-state index in [0.29, 0.717) is 12.2 Å². The minimum absolute atomic E-state index is 0.310. The van der Waals surface area contributed by atoms with E-state index < -0.39 is 17.8 Å². The number of halogens is 3. The summed E-state index contributed by atoms with van der Waals surface area (Å²) >= 11 is 0. The van der Waals surface area contributed by atoms with Gasteiger partial charge in [0.2, 0.25) is 0 Å². The maximum absolute atomic E-state index is 12.9. The van der Waals surface area contributed by atoms with E-state index in [9.17, 15) is 18.3 Å². The van der Waals surface area contributed by atoms with E-state index in [1.807, 2.05) is 6.92 Å². The lowest BCUT2D eigenvalue weighted by atomic mass is 9.73. The van der Waals surface area contributed by atoms with Crippen molar-refractivity contribution < 1.29 is 18.3 Å². The van der Waals surface area contributed by atoms with E-state index in [4.69, 9.17) is 5.26 Å². The molecule has 0 radical (unpaired) electrons. The summed E-state index contributed by atoms with van der Waals surface area (Å²) < 4.78 is 38.8. The molecule has 2 rings (SSSR count). The second-order valence-electron chi connectivity index (χ2n) is 6.14. The quantitative estimate of drug-likeness (QED) is 0.889. The number of nitriles is 1. The van der Waals surface area contributed by atoms with Crippen molar-refractivity contribution in [2.45, 2.75) is 44.9 Å². The zero-order valence-corrected chi connectivity index (χ0v) is 12.4. The molecule has 2 N–H and O–H groups in total. The van der Waals surface area contributed by atoms with Gasteiger partial charge in [0.15, 0.2) is 0 Å². The molecular formula is C16H19F3N2O. The van der Waals surface area contributed by atoms with E-state index in [1.165, 1.54) is 12.1 Å². The molecule has 2 atom stereocenters. The first-order valence-corrected chi connectivity index (χ1v) is 7.29. The number of alkyl halides is 3. The Balaban J connectivity index is 2.15. The molecule has 3 nitrogen and oxygen atoms in total. The van der Waals surface area contributed by atoms with Crippen molar-refractivity contribution in [3.05, 3.63) is 29.3 Å². The van der Waals surface area contributed by atoms with Gasteiger partial charge in [0.1, 0.15) is 0 Å². The SMILES string of the molecule is CC1(CNc2ccc(C#N)c(C(F)(F)F)c2)CCCCC1O. The van der Waals surface area contributed by atoms with E-state index in [0.717, 1.165) is 31.7 Å². The molecule has 2 unspecified atom stereocenters. The number of nitrogens with one attached hydrogen (secondary N) is 1. The first-order chi connectivity index (χ1) is 10.3. The van der Waals surface area contributed by atoms with Gasteiger partial charge in [0.05, 0.1) is 23.3 Å². The van der Waals surface area contributed by atoms with Gasteiger partial charge in [-0.1, -0.05) is 19.8 Å². The minimum Gasteiger partial charge on any atom is -0.392 e. The molecular weight excluding hydrogens is 293 g/mol. The minimum atomic E-state index is -4.56. The van der Waals surface area contributed by atoms with Gasteiger partial charge in [-0.25, -0.2) is 0 Å². The highest BCUT2D eigenvalue weighted by Crippen LogP contribution is 2.37. The predicted octanol–water partition coefficient (Wildman–Crippen LogP) is 3.93. The number of aliphatic hydroxyl groups is 1. The van der Waals surface area contributed by atoms with Gasteiger partial charge in [0, 0.05) is 17.6 Å². The number of nitrogens with zero attached hydrogens (tertiary/aromatic N) is 1. The highest BCUT2D eigenvalue weighted by atomic mass is 19.4. The number of hydrogen-bond acceptors (Lipinski definition) is 3. The average Bonchev–Trinajstić information content (AvgIpc) is 2.47. The Morgan fingerprint density at radius 1 is 1.41 bits per heavy atom. The van der Waals surface area contributed by atoms with Crippen molar-refractivity contribution >= 4 is 5.69 Å². The average molecular weight is 312 g/mol. The van der Waals surface area contributed by atoms with Crippen LogP contribution in [0, 0.1) is 16.7 Å². The smallest absolute Gasteiger partial charge is 0.392 e. The number of benzene rings is 1. The van der Waals surface area contributed by atoms with Gasteiger partial charge in [-0.3, -0.25) is 0 Å². The Morgan fingerprint density at radius 2 is 2.14 bits per heavy atom. The van der Waals surface area contributed by atoms with Crippen LogP contribution in [-0.2, 0) is 6.18 Å². The second kappa shape index (κ2) is 6.17. The lowest BCUT2D eigenvalue weighted by molar-refractivity contribution is -0.137. The Morgan fingerprint density at radius 3 is 2.73 bits per heavy atom. The fourth-order valence-corrected chi connectivity index (χ4v) is 2.88. The van der Waals surface area contributed by atoms with Crippen molar-refractivity contribution in [3.8, 4) is 6.07 Å². The lowest BCUT2D eigenvalue weighted by Gasteiger charge is -2.38. The van der Waals surface area contributed by atoms with Gasteiger partial charge in [-0.15, -0.1) is 0 Å². The highest BCUT2D eigenvalue weighted by molar-refractivity contribution is 5.53. The van der Waals surface area contributed by atoms with Gasteiger partial charge >= 0.3 is 6.18 Å². The van der Waals surface area contributed by atoms with E-state index in [1.54, 1.807) is 6.07 Å². The summed E-state index contributed by atoms with van der Waals surface area (Å²) in [5.74, 6) is 0. The summed E-state index contributed by atoms with van der Waals surface area (Å²) in [5.41, 5.74) is -1.36. The van der Waals surface area contributed by atoms with Gasteiger partial charge < -0.3 is 10.4 Å². The first kappa shape index (κ1) is 16.6. The molecule has 0 saturated heterocycles. The van der Waals surface area contributed by atoms with Crippen LogP contribution in [0.3, 0.4) is 0 Å². The molecule has 1 aromatic carbocycles. The molecule has 1 aliphatic carbocycles. The Labute approximate surface area is 127 Å². The molecule has 1 saturated carbocycles. The summed E-state index contributed by atoms with van der Waals surface area (Å²) in [6, 6.07) is 5.15. The molecule has 120 valence electrons. The molecule has 0 amide bonds. The van der Waals surface area contributed by atoms with Gasteiger partial charge in [-0.05, 0) is 31.0 Å². The van der Waals surface area contributed by atoms with Crippen molar-refractivity contribution in [2.75, 3.05) is 11.9 Å². The Hall–Kier alpha value is -1.74. The molecule has 0 aromatic heterocycles. The normalized spacial score (nSPS) is 25.5. The fourth-order valence-electron chi connectivity index (χ4n) is 2.88. The van der Waals surface area contributed by atoms with Gasteiger partial charge in [0.25, 0.3) is 0 Å². The topological polar surface area (TPSA) is 56.0 Å². The van der Waals surface area contributed by atoms with Crippen LogP contribution in [-0.4, -0.2) is 17.8 Å². The standard InChI is InChI=1S/C16H19F3N2O/c1-15(7-3-2-4-14(15)22)10-21-12-6-5-11(9-20)13(8-12)16(17,18)19/h5-6,8,14,21-22H,2-4,7,10H2,1H3. The first-order valence-electron chi connectivity index (χ1n) is 7.29. The van der Waals surface area contributed by atoms with Crippen molar-refractivity contribution in [1.29, 1.82) is 5.26 Å². The molecule has 0 spiro atoms. The third kappa shape index (κ3) is 3.53. The number of anilines is 1. The molecule has 1 fully saturated rings. The molecule has 1 aliphatic rings. The zero-order chi connectivity index (χ0) is 16.4. The number of aliphatic hydroxyl groups excluding tert-OH is 1. The third-order valence-corrected chi connectivity index (χ3v) is 4.42. The van der Waals surface area contributed by atoms with Crippen LogP contribution in [0.4, 0.5) is 18.9 Å². The van der Waals surface area contributed by atoms with Gasteiger partial charge in [-0.2, -0.15) is 18.4 Å². The summed E-state index contributed by atoms with van der Waals surface area (Å²) in [4.78, 5) is 0. The molecule has 0 heterocycles. The van der Waals surface area contributed by atoms with Crippen molar-refractivity contribution in [2.24, 2.45) is 5.41 Å². The summed E-state index contributed by atoms with van der Waals surface area (Å²) in [6.45, 7) is 2.34. The van der Waals surface area contributed by atoms with Crippen LogP contribution in [0.1, 0.15) is 43.7 Å². The van der Waals surface area contributed by atoms with E-state index >= 15 is 0 Å². The van der Waals surface area contributed by atoms with Crippen molar-refractivity contribution in [1.82, 2.24) is 0 Å². The number of rotatable bonds is 3. The largest absolute Gasteiger partial charge is 0.417 e. The van der Waals surface area contributed by atoms with E-state index in [-0.39, 0.29) is 11.0 Å². The fraction of sp³-hybridized carbons (Fsp3) is 0.562. The third-order valence-electron chi connectivity index (χ3n) is 4.42. The molecule has 22 heavy (non-hydrogen) atoms. The maximum Gasteiger partial charge on any atom is 0.417 e. The highest BCUT2D eigenvalue weighted by Gasteiger charge is 2.36. The van der Waals surface area contributed by atoms with Crippen LogP contribution in [0.5, 0.6) is 0 Å². The molecule has 0 bridgehead atoms. The van der Waals surface area contributed by atoms with E-state index in [2.05, 4.69) is 5.32 Å². The van der Waals surface area contributed by atoms with Crippen LogP contribution in [0.25, 0.3) is 0 Å². The predicted molar refractivity (Wildman–Crippen MR) is 77.2 cm³/mol. The summed E-state index contributed by atoms with van der Waals surface area (Å²) in [5, 5.41) is 21.9. The zero-order valence-electron chi connectivity index (χ0n) is 12.4. The molecule has 0 aliphatic heterocycles. The molecule has 1 aromatic rings. The monoisotopic (exact) mass is 312 g/mol. The second-order valence-corrected chi connectivity index (χ2v) is 6.14. The molecule has 6 heteroatoms. The van der Waals surface area contributed by atoms with Crippen molar-refractivity contribution in [3.63, 3.8) is 0 Å². The van der Waals surface area contributed by atoms with Crippen LogP contribution >= 0.6 is 0 Å². The van der Waals surface area contributed by atoms with Crippen LogP contribution < -0.4 is 5.32 Å². The summed E-state index contributed by atoms with van der Waals surface area (Å²) in [7, 11) is 0. The van der Waals surface area contributed by atoms with Crippen LogP contribution in [0.15, 0.2) is 18.2 Å². The maximum atomic E-state index is 12.9. The number of hydrogen-bond donors (Lipinski definition) is 2. The van der Waals surface area contributed by atoms with Crippen LogP contribution in [0.2, 0.25) is 0 Å². The lowest BCUT2D eigenvalue weighted by Crippen LogP contribution is -2.41. The Kier molecular flexibility index (Phi) is 4.66. The Bertz CT molecular complexity index is 580.